The van der Waals surface area contributed by atoms with Crippen LogP contribution in [-0.4, -0.2) is 18.3 Å². The van der Waals surface area contributed by atoms with Gasteiger partial charge in [-0.05, 0) is 0 Å². The minimum absolute atomic E-state index is 2.00. The molecule has 2 rings (SSSR count). The molecule has 0 atom stereocenters. The summed E-state index contributed by atoms with van der Waals surface area (Å²) in [6.45, 7) is 0. The van der Waals surface area contributed by atoms with Crippen LogP contribution in [0.5, 0.6) is 0 Å². The topological polar surface area (TPSA) is 120 Å². The third-order valence-electron chi connectivity index (χ3n) is 3.30. The Labute approximate surface area is 152 Å². The fraction of sp³-hybridized carbons (Fsp3) is 0. The molecule has 2 aromatic rings. The van der Waals surface area contributed by atoms with Crippen LogP contribution in [0, 0.1) is 66.8 Å². The van der Waals surface area contributed by atoms with E-state index in [9.17, 15) is 63.8 Å². The van der Waals surface area contributed by atoms with E-state index in [2.05, 4.69) is 0 Å². The minimum Gasteiger partial charge on any atom is -0.258 e. The lowest BCUT2D eigenvalue weighted by Crippen LogP contribution is -2.18. The van der Waals surface area contributed by atoms with Crippen molar-refractivity contribution in [1.82, 2.24) is 0 Å². The van der Waals surface area contributed by atoms with Gasteiger partial charge in [-0.25, -0.2) is 26.0 Å². The molecule has 0 fully saturated rings. The summed E-state index contributed by atoms with van der Waals surface area (Å²) in [5, 5.41) is 20.9. The van der Waals surface area contributed by atoms with E-state index in [4.69, 9.17) is 0 Å². The first-order valence-corrected chi connectivity index (χ1v) is 7.91. The molecule has 0 saturated heterocycles. The van der Waals surface area contributed by atoms with Crippen molar-refractivity contribution in [3.63, 3.8) is 0 Å². The maximum Gasteiger partial charge on any atom is 0.346 e. The van der Waals surface area contributed by atoms with Gasteiger partial charge in [-0.3, -0.25) is 20.2 Å². The highest BCUT2D eigenvalue weighted by Gasteiger charge is 2.44. The number of benzene rings is 2. The van der Waals surface area contributed by atoms with Crippen LogP contribution >= 0.6 is 0 Å². The average molecular weight is 452 g/mol. The molecule has 0 spiro atoms. The third-order valence-corrected chi connectivity index (χ3v) is 5.09. The van der Waals surface area contributed by atoms with Crippen molar-refractivity contribution in [2.75, 3.05) is 0 Å². The summed E-state index contributed by atoms with van der Waals surface area (Å²) in [6.07, 6.45) is 0. The third kappa shape index (κ3) is 3.02. The lowest BCUT2D eigenvalue weighted by atomic mass is 10.2. The normalized spacial score (nSPS) is 11.6. The molecule has 8 nitrogen and oxygen atoms in total. The van der Waals surface area contributed by atoms with Crippen molar-refractivity contribution < 1.29 is 53.4 Å². The van der Waals surface area contributed by atoms with E-state index in [0.29, 0.717) is 0 Å². The van der Waals surface area contributed by atoms with Gasteiger partial charge in [-0.15, -0.1) is 0 Å². The summed E-state index contributed by atoms with van der Waals surface area (Å²) in [5.74, 6) is -23.9. The van der Waals surface area contributed by atoms with Crippen molar-refractivity contribution in [1.29, 1.82) is 0 Å². The molecule has 0 bridgehead atoms. The van der Waals surface area contributed by atoms with Crippen LogP contribution < -0.4 is 0 Å². The highest BCUT2D eigenvalue weighted by atomic mass is 32.2. The number of hydrogen-bond acceptors (Lipinski definition) is 6. The van der Waals surface area contributed by atoms with Crippen molar-refractivity contribution in [2.45, 2.75) is 9.79 Å². The summed E-state index contributed by atoms with van der Waals surface area (Å²) < 4.78 is 134. The van der Waals surface area contributed by atoms with Crippen molar-refractivity contribution in [3.05, 3.63) is 66.8 Å². The lowest BCUT2D eigenvalue weighted by molar-refractivity contribution is -0.391. The zero-order valence-electron chi connectivity index (χ0n) is 12.8. The molecule has 0 N–H and O–H groups in total. The zero-order valence-corrected chi connectivity index (χ0v) is 13.6. The van der Waals surface area contributed by atoms with Gasteiger partial charge in [0.05, 0.1) is 9.85 Å². The lowest BCUT2D eigenvalue weighted by Gasteiger charge is -2.11. The second-order valence-electron chi connectivity index (χ2n) is 4.88. The summed E-state index contributed by atoms with van der Waals surface area (Å²) in [4.78, 5) is 11.1. The molecule has 0 unspecified atom stereocenters. The number of sulfone groups is 1. The fourth-order valence-electron chi connectivity index (χ4n) is 2.09. The molecule has 17 heteroatoms. The van der Waals surface area contributed by atoms with E-state index < -0.39 is 87.4 Å². The largest absolute Gasteiger partial charge is 0.346 e. The first kappa shape index (κ1) is 21.9. The van der Waals surface area contributed by atoms with E-state index in [1.807, 2.05) is 0 Å². The number of nitrogens with zero attached hydrogens (tertiary/aromatic N) is 2. The van der Waals surface area contributed by atoms with Crippen molar-refractivity contribution in [2.24, 2.45) is 0 Å². The molecule has 0 aromatic heterocycles. The molecule has 0 aliphatic heterocycles. The average Bonchev–Trinajstić information content (AvgIpc) is 2.58. The highest BCUT2D eigenvalue weighted by Crippen LogP contribution is 2.39. The summed E-state index contributed by atoms with van der Waals surface area (Å²) in [5.41, 5.74) is -5.03. The van der Waals surface area contributed by atoms with Crippen molar-refractivity contribution in [3.8, 4) is 0 Å². The van der Waals surface area contributed by atoms with E-state index >= 15 is 0 Å². The summed E-state index contributed by atoms with van der Waals surface area (Å²) in [6, 6.07) is 0. The van der Waals surface area contributed by atoms with Gasteiger partial charge in [0.15, 0.2) is 23.3 Å². The van der Waals surface area contributed by atoms with Gasteiger partial charge < -0.3 is 0 Å². The zero-order chi connectivity index (χ0) is 22.6. The van der Waals surface area contributed by atoms with E-state index in [0.717, 1.165) is 0 Å². The number of hydrogen-bond donors (Lipinski definition) is 0. The number of nitro benzene ring substituents is 2. The predicted molar refractivity (Wildman–Crippen MR) is 71.3 cm³/mol. The molecule has 0 saturated carbocycles. The Kier molecular flexibility index (Phi) is 5.22. The highest BCUT2D eigenvalue weighted by molar-refractivity contribution is 7.91. The Balaban J connectivity index is 3.04. The quantitative estimate of drug-likeness (QED) is 0.303. The van der Waals surface area contributed by atoms with E-state index in [1.54, 1.807) is 0 Å². The number of rotatable bonds is 4. The monoisotopic (exact) mass is 452 g/mol. The van der Waals surface area contributed by atoms with Gasteiger partial charge in [-0.1, -0.05) is 0 Å². The Hall–Kier alpha value is -3.37. The van der Waals surface area contributed by atoms with Gasteiger partial charge >= 0.3 is 11.4 Å². The van der Waals surface area contributed by atoms with Crippen LogP contribution in [0.25, 0.3) is 0 Å². The standard InChI is InChI=1S/C12F8N2O6S/c13-1-5(17)11(6(18)2(14)9(1)21(23)24)29(27,28)12-7(19)3(15)10(22(25)26)4(16)8(12)20. The van der Waals surface area contributed by atoms with Gasteiger partial charge in [0.1, 0.15) is 9.79 Å². The maximum absolute atomic E-state index is 13.9. The van der Waals surface area contributed by atoms with Gasteiger partial charge in [0.2, 0.25) is 33.1 Å². The smallest absolute Gasteiger partial charge is 0.258 e. The van der Waals surface area contributed by atoms with Gasteiger partial charge in [0.25, 0.3) is 0 Å². The van der Waals surface area contributed by atoms with Crippen LogP contribution in [0.2, 0.25) is 0 Å². The molecule has 0 radical (unpaired) electrons. The molecule has 29 heavy (non-hydrogen) atoms. The van der Waals surface area contributed by atoms with Crippen LogP contribution in [0.4, 0.5) is 46.5 Å². The Morgan fingerprint density at radius 3 is 0.897 bits per heavy atom. The second kappa shape index (κ2) is 6.90. The minimum atomic E-state index is -6.54. The van der Waals surface area contributed by atoms with E-state index in [-0.39, 0.29) is 0 Å². The Bertz CT molecular complexity index is 1070. The van der Waals surface area contributed by atoms with Crippen LogP contribution in [0.1, 0.15) is 0 Å². The molecule has 156 valence electrons. The molecule has 0 amide bonds. The van der Waals surface area contributed by atoms with Crippen LogP contribution in [-0.2, 0) is 9.84 Å². The van der Waals surface area contributed by atoms with Crippen molar-refractivity contribution >= 4 is 21.2 Å². The molecule has 2 aromatic carbocycles. The summed E-state index contributed by atoms with van der Waals surface area (Å²) >= 11 is 0. The molecule has 0 aliphatic rings. The SMILES string of the molecule is O=[N+]([O-])c1c(F)c(F)c(S(=O)(=O)c2c(F)c(F)c([N+](=O)[O-])c(F)c2F)c(F)c1F. The summed E-state index contributed by atoms with van der Waals surface area (Å²) in [7, 11) is -6.54. The van der Waals surface area contributed by atoms with Gasteiger partial charge in [-0.2, -0.15) is 17.6 Å². The predicted octanol–water partition coefficient (Wildman–Crippen LogP) is 3.45. The first-order valence-electron chi connectivity index (χ1n) is 6.43. The Morgan fingerprint density at radius 2 is 0.724 bits per heavy atom. The second-order valence-corrected chi connectivity index (χ2v) is 6.71. The molecule has 0 aliphatic carbocycles. The fourth-order valence-corrected chi connectivity index (χ4v) is 3.60. The molecular formula is C12F8N2O6S. The van der Waals surface area contributed by atoms with Crippen LogP contribution in [0.3, 0.4) is 0 Å². The van der Waals surface area contributed by atoms with E-state index in [1.165, 1.54) is 0 Å². The molecule has 0 heterocycles. The Morgan fingerprint density at radius 1 is 0.517 bits per heavy atom. The maximum atomic E-state index is 13.9. The van der Waals surface area contributed by atoms with Gasteiger partial charge in [0, 0.05) is 0 Å². The first-order chi connectivity index (χ1) is 13.2. The number of halogens is 8. The molecular weight excluding hydrogens is 452 g/mol. The number of nitro groups is 2. The van der Waals surface area contributed by atoms with Crippen LogP contribution in [0.15, 0.2) is 9.79 Å².